The normalized spacial score (nSPS) is 12.8. The Kier molecular flexibility index (Phi) is 3.71. The van der Waals surface area contributed by atoms with E-state index in [1.807, 2.05) is 13.8 Å². The van der Waals surface area contributed by atoms with Crippen LogP contribution in [0.25, 0.3) is 0 Å². The molecule has 1 rings (SSSR count). The van der Waals surface area contributed by atoms with E-state index in [1.54, 1.807) is 6.07 Å². The van der Waals surface area contributed by atoms with Crippen LogP contribution in [0.1, 0.15) is 24.2 Å². The minimum absolute atomic E-state index is 0.0116. The standard InChI is InChI=1S/C10H15NO2/c1-3-11-6-8(2)10(12)9-4-5-13-7-9/h4-5,7-8,11H,3,6H2,1-2H3. The molecule has 0 bridgehead atoms. The number of rotatable bonds is 5. The van der Waals surface area contributed by atoms with Crippen molar-refractivity contribution in [3.8, 4) is 0 Å². The Bertz CT molecular complexity index is 254. The maximum Gasteiger partial charge on any atom is 0.170 e. The third kappa shape index (κ3) is 2.70. The highest BCUT2D eigenvalue weighted by atomic mass is 16.3. The van der Waals surface area contributed by atoms with Crippen molar-refractivity contribution in [3.63, 3.8) is 0 Å². The van der Waals surface area contributed by atoms with E-state index in [0.717, 1.165) is 13.1 Å². The van der Waals surface area contributed by atoms with Crippen LogP contribution >= 0.6 is 0 Å². The van der Waals surface area contributed by atoms with Gasteiger partial charge in [-0.15, -0.1) is 0 Å². The quantitative estimate of drug-likeness (QED) is 0.703. The molecule has 1 aromatic heterocycles. The van der Waals surface area contributed by atoms with Gasteiger partial charge in [-0.1, -0.05) is 13.8 Å². The molecule has 0 saturated carbocycles. The van der Waals surface area contributed by atoms with E-state index in [1.165, 1.54) is 12.5 Å². The molecule has 0 aromatic carbocycles. The van der Waals surface area contributed by atoms with Gasteiger partial charge in [0, 0.05) is 12.5 Å². The maximum absolute atomic E-state index is 11.6. The van der Waals surface area contributed by atoms with Crippen molar-refractivity contribution in [2.24, 2.45) is 5.92 Å². The first-order valence-corrected chi connectivity index (χ1v) is 4.52. The molecule has 0 spiro atoms. The summed E-state index contributed by atoms with van der Waals surface area (Å²) in [6.45, 7) is 5.55. The Labute approximate surface area is 78.1 Å². The molecule has 1 N–H and O–H groups in total. The van der Waals surface area contributed by atoms with E-state index >= 15 is 0 Å². The minimum atomic E-state index is 0.0116. The van der Waals surface area contributed by atoms with E-state index < -0.39 is 0 Å². The van der Waals surface area contributed by atoms with Gasteiger partial charge in [-0.2, -0.15) is 0 Å². The second kappa shape index (κ2) is 4.82. The van der Waals surface area contributed by atoms with Crippen molar-refractivity contribution in [3.05, 3.63) is 24.2 Å². The third-order valence-corrected chi connectivity index (χ3v) is 1.95. The lowest BCUT2D eigenvalue weighted by atomic mass is 10.0. The van der Waals surface area contributed by atoms with Crippen molar-refractivity contribution in [1.29, 1.82) is 0 Å². The Morgan fingerprint density at radius 2 is 2.46 bits per heavy atom. The molecule has 1 heterocycles. The zero-order chi connectivity index (χ0) is 9.68. The molecular formula is C10H15NO2. The summed E-state index contributed by atoms with van der Waals surface area (Å²) in [6, 6.07) is 1.70. The molecular weight excluding hydrogens is 166 g/mol. The van der Waals surface area contributed by atoms with E-state index in [9.17, 15) is 4.79 Å². The van der Waals surface area contributed by atoms with Gasteiger partial charge in [-0.25, -0.2) is 0 Å². The lowest BCUT2D eigenvalue weighted by Crippen LogP contribution is -2.26. The number of hydrogen-bond acceptors (Lipinski definition) is 3. The van der Waals surface area contributed by atoms with E-state index in [2.05, 4.69) is 5.32 Å². The van der Waals surface area contributed by atoms with Gasteiger partial charge in [-0.05, 0) is 12.6 Å². The zero-order valence-corrected chi connectivity index (χ0v) is 8.04. The summed E-state index contributed by atoms with van der Waals surface area (Å²) in [4.78, 5) is 11.6. The summed E-state index contributed by atoms with van der Waals surface area (Å²) in [5.41, 5.74) is 0.658. The summed E-state index contributed by atoms with van der Waals surface area (Å²) < 4.78 is 4.85. The van der Waals surface area contributed by atoms with Gasteiger partial charge in [0.25, 0.3) is 0 Å². The maximum atomic E-state index is 11.6. The average Bonchev–Trinajstić information content (AvgIpc) is 2.65. The Morgan fingerprint density at radius 1 is 1.69 bits per heavy atom. The summed E-state index contributed by atoms with van der Waals surface area (Å²) in [7, 11) is 0. The largest absolute Gasteiger partial charge is 0.472 e. The molecule has 0 aliphatic carbocycles. The second-order valence-electron chi connectivity index (χ2n) is 3.09. The van der Waals surface area contributed by atoms with Crippen molar-refractivity contribution >= 4 is 5.78 Å². The Balaban J connectivity index is 2.48. The average molecular weight is 181 g/mol. The van der Waals surface area contributed by atoms with Crippen LogP contribution in [0.5, 0.6) is 0 Å². The first-order valence-electron chi connectivity index (χ1n) is 4.52. The first-order chi connectivity index (χ1) is 6.25. The molecule has 0 aliphatic heterocycles. The van der Waals surface area contributed by atoms with Gasteiger partial charge < -0.3 is 9.73 Å². The predicted octanol–water partition coefficient (Wildman–Crippen LogP) is 1.71. The van der Waals surface area contributed by atoms with Crippen molar-refractivity contribution < 1.29 is 9.21 Å². The highest BCUT2D eigenvalue weighted by molar-refractivity contribution is 5.97. The van der Waals surface area contributed by atoms with Gasteiger partial charge in [0.2, 0.25) is 0 Å². The number of furan rings is 1. The Morgan fingerprint density at radius 3 is 3.00 bits per heavy atom. The summed E-state index contributed by atoms with van der Waals surface area (Å²) in [5, 5.41) is 3.14. The predicted molar refractivity (Wildman–Crippen MR) is 50.7 cm³/mol. The van der Waals surface area contributed by atoms with Crippen LogP contribution in [0.15, 0.2) is 23.0 Å². The van der Waals surface area contributed by atoms with Crippen LogP contribution in [0, 0.1) is 5.92 Å². The van der Waals surface area contributed by atoms with Gasteiger partial charge in [0.15, 0.2) is 5.78 Å². The van der Waals surface area contributed by atoms with Crippen molar-refractivity contribution in [2.75, 3.05) is 13.1 Å². The number of ketones is 1. The Hall–Kier alpha value is -1.09. The molecule has 13 heavy (non-hydrogen) atoms. The summed E-state index contributed by atoms with van der Waals surface area (Å²) >= 11 is 0. The van der Waals surface area contributed by atoms with E-state index in [4.69, 9.17) is 4.42 Å². The molecule has 0 radical (unpaired) electrons. The number of hydrogen-bond donors (Lipinski definition) is 1. The highest BCUT2D eigenvalue weighted by Gasteiger charge is 2.14. The number of carbonyl (C=O) groups excluding carboxylic acids is 1. The topological polar surface area (TPSA) is 42.2 Å². The summed E-state index contributed by atoms with van der Waals surface area (Å²) in [5.74, 6) is 0.146. The lowest BCUT2D eigenvalue weighted by Gasteiger charge is -2.08. The van der Waals surface area contributed by atoms with Crippen LogP contribution in [0.2, 0.25) is 0 Å². The fourth-order valence-electron chi connectivity index (χ4n) is 1.14. The highest BCUT2D eigenvalue weighted by Crippen LogP contribution is 2.08. The molecule has 1 atom stereocenters. The molecule has 72 valence electrons. The molecule has 0 fully saturated rings. The van der Waals surface area contributed by atoms with E-state index in [0.29, 0.717) is 5.56 Å². The number of nitrogens with one attached hydrogen (secondary N) is 1. The van der Waals surface area contributed by atoms with Gasteiger partial charge >= 0.3 is 0 Å². The molecule has 0 saturated heterocycles. The van der Waals surface area contributed by atoms with Crippen LogP contribution in [0.3, 0.4) is 0 Å². The monoisotopic (exact) mass is 181 g/mol. The molecule has 3 nitrogen and oxygen atoms in total. The molecule has 1 unspecified atom stereocenters. The van der Waals surface area contributed by atoms with Crippen LogP contribution in [-0.2, 0) is 0 Å². The van der Waals surface area contributed by atoms with Crippen LogP contribution < -0.4 is 5.32 Å². The third-order valence-electron chi connectivity index (χ3n) is 1.95. The molecule has 1 aromatic rings. The minimum Gasteiger partial charge on any atom is -0.472 e. The lowest BCUT2D eigenvalue weighted by molar-refractivity contribution is 0.0928. The van der Waals surface area contributed by atoms with Crippen LogP contribution in [-0.4, -0.2) is 18.9 Å². The van der Waals surface area contributed by atoms with Gasteiger partial charge in [-0.3, -0.25) is 4.79 Å². The van der Waals surface area contributed by atoms with Crippen LogP contribution in [0.4, 0.5) is 0 Å². The fraction of sp³-hybridized carbons (Fsp3) is 0.500. The first kappa shape index (κ1) is 9.99. The number of Topliss-reactive ketones (excluding diaryl/α,β-unsaturated/α-hetero) is 1. The van der Waals surface area contributed by atoms with Gasteiger partial charge in [0.05, 0.1) is 11.8 Å². The van der Waals surface area contributed by atoms with Crippen molar-refractivity contribution in [2.45, 2.75) is 13.8 Å². The fourth-order valence-corrected chi connectivity index (χ4v) is 1.14. The smallest absolute Gasteiger partial charge is 0.170 e. The number of carbonyl (C=O) groups is 1. The molecule has 0 aliphatic rings. The zero-order valence-electron chi connectivity index (χ0n) is 8.04. The SMILES string of the molecule is CCNCC(C)C(=O)c1ccoc1. The summed E-state index contributed by atoms with van der Waals surface area (Å²) in [6.07, 6.45) is 3.01. The van der Waals surface area contributed by atoms with Gasteiger partial charge in [0.1, 0.15) is 6.26 Å². The second-order valence-corrected chi connectivity index (χ2v) is 3.09. The van der Waals surface area contributed by atoms with Crippen molar-refractivity contribution in [1.82, 2.24) is 5.32 Å². The molecule has 3 heteroatoms. The molecule has 0 amide bonds. The van der Waals surface area contributed by atoms with E-state index in [-0.39, 0.29) is 11.7 Å².